The first kappa shape index (κ1) is 20.6. The number of halogens is 1. The number of carbonyl (C=O) groups is 1. The van der Waals surface area contributed by atoms with Gasteiger partial charge in [0, 0.05) is 37.7 Å². The number of sulfonamides is 1. The summed E-state index contributed by atoms with van der Waals surface area (Å²) < 4.78 is 26.9. The van der Waals surface area contributed by atoms with E-state index in [1.165, 1.54) is 4.31 Å². The standard InChI is InChI=1S/C20H24ClN3O3S/c1-16-5-7-19(8-6-16)28(26,27)24-13-11-23(12-14-24)20(25)22-10-9-17-3-2-4-18(21)15-17/h2-8,15H,9-14H2,1H3,(H,22,25). The van der Waals surface area contributed by atoms with Gasteiger partial charge in [-0.1, -0.05) is 41.4 Å². The second-order valence-corrected chi connectivity index (χ2v) is 9.19. The van der Waals surface area contributed by atoms with Crippen LogP contribution in [-0.2, 0) is 16.4 Å². The fourth-order valence-electron chi connectivity index (χ4n) is 3.11. The molecule has 8 heteroatoms. The number of hydrogen-bond donors (Lipinski definition) is 1. The average Bonchev–Trinajstić information content (AvgIpc) is 2.68. The van der Waals surface area contributed by atoms with Crippen LogP contribution in [0.5, 0.6) is 0 Å². The van der Waals surface area contributed by atoms with E-state index >= 15 is 0 Å². The maximum atomic E-state index is 12.7. The fourth-order valence-corrected chi connectivity index (χ4v) is 4.74. The highest BCUT2D eigenvalue weighted by molar-refractivity contribution is 7.89. The maximum absolute atomic E-state index is 12.7. The molecule has 2 aromatic rings. The first-order valence-electron chi connectivity index (χ1n) is 9.20. The molecule has 0 bridgehead atoms. The molecule has 1 fully saturated rings. The quantitative estimate of drug-likeness (QED) is 0.806. The van der Waals surface area contributed by atoms with E-state index in [2.05, 4.69) is 5.32 Å². The average molecular weight is 422 g/mol. The number of hydrogen-bond acceptors (Lipinski definition) is 3. The zero-order valence-electron chi connectivity index (χ0n) is 15.8. The van der Waals surface area contributed by atoms with Crippen LogP contribution in [0.25, 0.3) is 0 Å². The van der Waals surface area contributed by atoms with Crippen LogP contribution in [0, 0.1) is 6.92 Å². The van der Waals surface area contributed by atoms with Crippen LogP contribution in [0.15, 0.2) is 53.4 Å². The summed E-state index contributed by atoms with van der Waals surface area (Å²) in [6.45, 7) is 3.74. The summed E-state index contributed by atoms with van der Waals surface area (Å²) in [5.41, 5.74) is 2.07. The van der Waals surface area contributed by atoms with Gasteiger partial charge in [-0.2, -0.15) is 4.31 Å². The minimum absolute atomic E-state index is 0.172. The third-order valence-electron chi connectivity index (χ3n) is 4.76. The number of benzene rings is 2. The topological polar surface area (TPSA) is 69.7 Å². The van der Waals surface area contributed by atoms with Gasteiger partial charge in [-0.25, -0.2) is 13.2 Å². The van der Waals surface area contributed by atoms with E-state index in [0.29, 0.717) is 31.1 Å². The van der Waals surface area contributed by atoms with E-state index in [-0.39, 0.29) is 24.0 Å². The lowest BCUT2D eigenvalue weighted by molar-refractivity contribution is 0.172. The molecular weight excluding hydrogens is 398 g/mol. The lowest BCUT2D eigenvalue weighted by Gasteiger charge is -2.34. The zero-order chi connectivity index (χ0) is 20.1. The van der Waals surface area contributed by atoms with Crippen molar-refractivity contribution < 1.29 is 13.2 Å². The Morgan fingerprint density at radius 1 is 1.07 bits per heavy atom. The van der Waals surface area contributed by atoms with Crippen molar-refractivity contribution >= 4 is 27.7 Å². The highest BCUT2D eigenvalue weighted by atomic mass is 35.5. The Morgan fingerprint density at radius 3 is 2.39 bits per heavy atom. The predicted octanol–water partition coefficient (Wildman–Crippen LogP) is 2.91. The molecule has 1 aliphatic heterocycles. The van der Waals surface area contributed by atoms with E-state index in [1.807, 2.05) is 31.2 Å². The molecule has 1 aliphatic rings. The Hall–Kier alpha value is -2.09. The minimum atomic E-state index is -3.52. The number of aryl methyl sites for hydroxylation is 1. The number of nitrogens with zero attached hydrogens (tertiary/aromatic N) is 2. The minimum Gasteiger partial charge on any atom is -0.338 e. The molecule has 3 rings (SSSR count). The molecule has 1 saturated heterocycles. The van der Waals surface area contributed by atoms with E-state index in [9.17, 15) is 13.2 Å². The molecule has 0 spiro atoms. The van der Waals surface area contributed by atoms with Gasteiger partial charge in [0.05, 0.1) is 4.90 Å². The van der Waals surface area contributed by atoms with Gasteiger partial charge in [0.1, 0.15) is 0 Å². The number of amides is 2. The van der Waals surface area contributed by atoms with Crippen molar-refractivity contribution in [3.8, 4) is 0 Å². The molecule has 2 amide bonds. The molecule has 0 unspecified atom stereocenters. The first-order chi connectivity index (χ1) is 13.4. The number of piperazine rings is 1. The summed E-state index contributed by atoms with van der Waals surface area (Å²) in [5.74, 6) is 0. The van der Waals surface area contributed by atoms with Gasteiger partial charge in [-0.3, -0.25) is 0 Å². The largest absolute Gasteiger partial charge is 0.338 e. The van der Waals surface area contributed by atoms with Crippen molar-refractivity contribution in [2.24, 2.45) is 0 Å². The number of rotatable bonds is 5. The molecule has 2 aromatic carbocycles. The first-order valence-corrected chi connectivity index (χ1v) is 11.0. The Bertz CT molecular complexity index is 924. The van der Waals surface area contributed by atoms with Crippen LogP contribution in [0.3, 0.4) is 0 Å². The van der Waals surface area contributed by atoms with Gasteiger partial charge in [0.2, 0.25) is 10.0 Å². The van der Waals surface area contributed by atoms with Gasteiger partial charge in [-0.15, -0.1) is 0 Å². The number of carbonyl (C=O) groups excluding carboxylic acids is 1. The van der Waals surface area contributed by atoms with Gasteiger partial charge in [0.15, 0.2) is 0 Å². The molecule has 0 saturated carbocycles. The highest BCUT2D eigenvalue weighted by Gasteiger charge is 2.29. The fraction of sp³-hybridized carbons (Fsp3) is 0.350. The van der Waals surface area contributed by atoms with E-state index in [1.54, 1.807) is 29.2 Å². The predicted molar refractivity (Wildman–Crippen MR) is 110 cm³/mol. The van der Waals surface area contributed by atoms with Crippen molar-refractivity contribution in [2.45, 2.75) is 18.2 Å². The summed E-state index contributed by atoms with van der Waals surface area (Å²) in [5, 5.41) is 3.56. The van der Waals surface area contributed by atoms with Crippen LogP contribution >= 0.6 is 11.6 Å². The van der Waals surface area contributed by atoms with Crippen LogP contribution < -0.4 is 5.32 Å². The lowest BCUT2D eigenvalue weighted by atomic mass is 10.1. The van der Waals surface area contributed by atoms with Crippen molar-refractivity contribution in [1.82, 2.24) is 14.5 Å². The molecule has 0 atom stereocenters. The monoisotopic (exact) mass is 421 g/mol. The summed E-state index contributed by atoms with van der Waals surface area (Å²) in [4.78, 5) is 14.3. The third kappa shape index (κ3) is 5.04. The van der Waals surface area contributed by atoms with Crippen molar-refractivity contribution in [3.63, 3.8) is 0 Å². The van der Waals surface area contributed by atoms with E-state index in [0.717, 1.165) is 11.1 Å². The Labute approximate surface area is 171 Å². The second kappa shape index (κ2) is 8.94. The van der Waals surface area contributed by atoms with Gasteiger partial charge < -0.3 is 10.2 Å². The van der Waals surface area contributed by atoms with Gasteiger partial charge in [0.25, 0.3) is 0 Å². The summed E-state index contributed by atoms with van der Waals surface area (Å²) in [6, 6.07) is 14.2. The number of urea groups is 1. The smallest absolute Gasteiger partial charge is 0.317 e. The van der Waals surface area contributed by atoms with Crippen molar-refractivity contribution in [1.29, 1.82) is 0 Å². The second-order valence-electron chi connectivity index (χ2n) is 6.82. The van der Waals surface area contributed by atoms with Crippen molar-refractivity contribution in [3.05, 3.63) is 64.7 Å². The highest BCUT2D eigenvalue weighted by Crippen LogP contribution is 2.18. The lowest BCUT2D eigenvalue weighted by Crippen LogP contribution is -2.53. The van der Waals surface area contributed by atoms with Crippen LogP contribution in [0.1, 0.15) is 11.1 Å². The molecule has 0 aromatic heterocycles. The van der Waals surface area contributed by atoms with Crippen LogP contribution in [0.4, 0.5) is 4.79 Å². The van der Waals surface area contributed by atoms with Crippen molar-refractivity contribution in [2.75, 3.05) is 32.7 Å². The van der Waals surface area contributed by atoms with Gasteiger partial charge in [-0.05, 0) is 43.2 Å². The molecule has 150 valence electrons. The molecule has 6 nitrogen and oxygen atoms in total. The normalized spacial score (nSPS) is 15.4. The van der Waals surface area contributed by atoms with Crippen LogP contribution in [0.2, 0.25) is 5.02 Å². The Kier molecular flexibility index (Phi) is 6.59. The zero-order valence-corrected chi connectivity index (χ0v) is 17.3. The molecule has 0 radical (unpaired) electrons. The van der Waals surface area contributed by atoms with E-state index in [4.69, 9.17) is 11.6 Å². The maximum Gasteiger partial charge on any atom is 0.317 e. The number of nitrogens with one attached hydrogen (secondary N) is 1. The summed E-state index contributed by atoms with van der Waals surface area (Å²) in [6.07, 6.45) is 0.689. The Morgan fingerprint density at radius 2 is 1.75 bits per heavy atom. The van der Waals surface area contributed by atoms with Gasteiger partial charge >= 0.3 is 6.03 Å². The molecular formula is C20H24ClN3O3S. The Balaban J connectivity index is 1.49. The molecule has 0 aliphatic carbocycles. The molecule has 1 N–H and O–H groups in total. The SMILES string of the molecule is Cc1ccc(S(=O)(=O)N2CCN(C(=O)NCCc3cccc(Cl)c3)CC2)cc1. The third-order valence-corrected chi connectivity index (χ3v) is 6.91. The summed E-state index contributed by atoms with van der Waals surface area (Å²) in [7, 11) is -3.52. The summed E-state index contributed by atoms with van der Waals surface area (Å²) >= 11 is 5.96. The van der Waals surface area contributed by atoms with E-state index < -0.39 is 10.0 Å². The molecule has 28 heavy (non-hydrogen) atoms. The molecule has 1 heterocycles. The van der Waals surface area contributed by atoms with Crippen LogP contribution in [-0.4, -0.2) is 56.4 Å².